The Morgan fingerprint density at radius 2 is 1.50 bits per heavy atom. The Balaban J connectivity index is 2.31. The highest BCUT2D eigenvalue weighted by molar-refractivity contribution is 6.28. The fourth-order valence-electron chi connectivity index (χ4n) is 2.31. The number of carbonyl (C=O) groups is 2. The van der Waals surface area contributed by atoms with Gasteiger partial charge in [-0.05, 0) is 13.0 Å². The normalized spacial score (nSPS) is 13.2. The van der Waals surface area contributed by atoms with Gasteiger partial charge in [-0.1, -0.05) is 17.7 Å². The number of carbonyl (C=O) groups excluding carboxylic acids is 2. The lowest BCUT2D eigenvalue weighted by Crippen LogP contribution is -2.24. The molecule has 0 fully saturated rings. The van der Waals surface area contributed by atoms with Gasteiger partial charge >= 0.3 is 0 Å². The number of rotatable bonds is 0. The minimum atomic E-state index is -0.0837. The third-order valence-electron chi connectivity index (χ3n) is 3.25. The predicted octanol–water partition coefficient (Wildman–Crippen LogP) is 1.89. The van der Waals surface area contributed by atoms with Gasteiger partial charge in [0.2, 0.25) is 5.78 Å². The number of aromatic nitrogens is 1. The van der Waals surface area contributed by atoms with Crippen molar-refractivity contribution in [1.29, 1.82) is 0 Å². The summed E-state index contributed by atoms with van der Waals surface area (Å²) in [5.74, 6) is -0.156. The molecule has 0 atom stereocenters. The molecule has 1 heterocycles. The maximum absolute atomic E-state index is 12.4. The van der Waals surface area contributed by atoms with Crippen LogP contribution >= 0.6 is 0 Å². The zero-order valence-corrected chi connectivity index (χ0v) is 10.2. The zero-order valence-electron chi connectivity index (χ0n) is 10.2. The number of H-pyrrole nitrogens is 1. The van der Waals surface area contributed by atoms with Crippen LogP contribution in [0.15, 0.2) is 30.5 Å². The van der Waals surface area contributed by atoms with Gasteiger partial charge in [-0.2, -0.15) is 0 Å². The molecule has 0 unspecified atom stereocenters. The van der Waals surface area contributed by atoms with Crippen molar-refractivity contribution < 1.29 is 14.6 Å². The highest BCUT2D eigenvalue weighted by Crippen LogP contribution is 2.27. The minimum absolute atomic E-state index is 0.0725. The first kappa shape index (κ1) is 10.8. The molecule has 3 nitrogen and oxygen atoms in total. The van der Waals surface area contributed by atoms with Gasteiger partial charge in [0.25, 0.3) is 0 Å². The van der Waals surface area contributed by atoms with Crippen molar-refractivity contribution >= 4 is 11.6 Å². The van der Waals surface area contributed by atoms with E-state index >= 15 is 0 Å². The average molecular weight is 238 g/mol. The number of hydrogen-bond acceptors (Lipinski definition) is 2. The molecule has 1 aliphatic rings. The zero-order chi connectivity index (χ0) is 12.9. The van der Waals surface area contributed by atoms with Gasteiger partial charge in [-0.15, -0.1) is 0 Å². The molecule has 0 amide bonds. The highest BCUT2D eigenvalue weighted by Gasteiger charge is 2.31. The molecular weight excluding hydrogens is 226 g/mol. The van der Waals surface area contributed by atoms with Gasteiger partial charge < -0.3 is 0 Å². The quantitative estimate of drug-likeness (QED) is 0.600. The van der Waals surface area contributed by atoms with Crippen LogP contribution < -0.4 is 4.98 Å². The molecule has 1 N–H and O–H groups in total. The fraction of sp³-hybridized carbons (Fsp3) is 0.133. The van der Waals surface area contributed by atoms with Crippen LogP contribution in [0.3, 0.4) is 0 Å². The van der Waals surface area contributed by atoms with Crippen molar-refractivity contribution in [3.8, 4) is 0 Å². The van der Waals surface area contributed by atoms with E-state index in [4.69, 9.17) is 0 Å². The molecule has 0 bridgehead atoms. The Morgan fingerprint density at radius 3 is 2.28 bits per heavy atom. The van der Waals surface area contributed by atoms with E-state index in [1.807, 2.05) is 19.9 Å². The Bertz CT molecular complexity index is 640. The molecule has 3 heteroatoms. The topological polar surface area (TPSA) is 48.3 Å². The summed E-state index contributed by atoms with van der Waals surface area (Å²) in [4.78, 5) is 27.7. The maximum Gasteiger partial charge on any atom is 0.200 e. The first-order valence-electron chi connectivity index (χ1n) is 5.80. The number of nitrogens with one attached hydrogen (secondary N) is 1. The van der Waals surface area contributed by atoms with E-state index < -0.39 is 0 Å². The highest BCUT2D eigenvalue weighted by atomic mass is 16.1. The number of ketones is 2. The van der Waals surface area contributed by atoms with Crippen LogP contribution in [0.5, 0.6) is 0 Å². The van der Waals surface area contributed by atoms with E-state index in [9.17, 15) is 9.59 Å². The van der Waals surface area contributed by atoms with Crippen LogP contribution in [0.25, 0.3) is 0 Å². The summed E-state index contributed by atoms with van der Waals surface area (Å²) < 4.78 is 0. The van der Waals surface area contributed by atoms with E-state index in [0.717, 1.165) is 11.3 Å². The van der Waals surface area contributed by atoms with E-state index in [0.29, 0.717) is 22.3 Å². The molecule has 1 aliphatic carbocycles. The van der Waals surface area contributed by atoms with Crippen LogP contribution in [-0.2, 0) is 0 Å². The first-order chi connectivity index (χ1) is 8.58. The first-order valence-corrected chi connectivity index (χ1v) is 5.80. The van der Waals surface area contributed by atoms with Crippen LogP contribution in [0.2, 0.25) is 0 Å². The summed E-state index contributed by atoms with van der Waals surface area (Å²) in [5.41, 5.74) is 3.81. The molecule has 1 aromatic carbocycles. The van der Waals surface area contributed by atoms with Crippen molar-refractivity contribution in [2.45, 2.75) is 13.8 Å². The molecule has 2 aromatic rings. The van der Waals surface area contributed by atoms with Gasteiger partial charge in [-0.25, -0.2) is 4.98 Å². The van der Waals surface area contributed by atoms with Crippen molar-refractivity contribution in [2.24, 2.45) is 0 Å². The number of aryl methyl sites for hydroxylation is 2. The molecule has 0 spiro atoms. The molecule has 0 saturated carbocycles. The lowest BCUT2D eigenvalue weighted by Gasteiger charge is -2.16. The summed E-state index contributed by atoms with van der Waals surface area (Å²) >= 11 is 0. The van der Waals surface area contributed by atoms with Crippen LogP contribution in [-0.4, -0.2) is 11.6 Å². The van der Waals surface area contributed by atoms with Crippen molar-refractivity contribution in [3.05, 3.63) is 64.0 Å². The SMILES string of the molecule is Cc1ccc2c(c1)C(=O)c1c[nH+]c(C)cc1C2=O. The number of fused-ring (bicyclic) bond motifs is 2. The molecular formula is C15H12NO2+. The lowest BCUT2D eigenvalue weighted by atomic mass is 9.84. The molecule has 0 aliphatic heterocycles. The van der Waals surface area contributed by atoms with Crippen molar-refractivity contribution in [2.75, 3.05) is 0 Å². The van der Waals surface area contributed by atoms with Gasteiger partial charge in [0.1, 0.15) is 0 Å². The number of aromatic amines is 1. The monoisotopic (exact) mass is 238 g/mol. The van der Waals surface area contributed by atoms with E-state index in [-0.39, 0.29) is 11.6 Å². The van der Waals surface area contributed by atoms with Crippen LogP contribution in [0.4, 0.5) is 0 Å². The molecule has 1 aromatic heterocycles. The number of pyridine rings is 1. The second kappa shape index (κ2) is 3.60. The summed E-state index contributed by atoms with van der Waals surface area (Å²) in [5, 5.41) is 0. The second-order valence-corrected chi connectivity index (χ2v) is 4.65. The van der Waals surface area contributed by atoms with Gasteiger partial charge in [0, 0.05) is 29.7 Å². The second-order valence-electron chi connectivity index (χ2n) is 4.65. The van der Waals surface area contributed by atoms with E-state index in [1.165, 1.54) is 0 Å². The van der Waals surface area contributed by atoms with Crippen LogP contribution in [0, 0.1) is 13.8 Å². The van der Waals surface area contributed by atoms with Crippen molar-refractivity contribution in [1.82, 2.24) is 0 Å². The Hall–Kier alpha value is -2.29. The predicted molar refractivity (Wildman–Crippen MR) is 65.8 cm³/mol. The third kappa shape index (κ3) is 1.40. The molecule has 3 rings (SSSR count). The average Bonchev–Trinajstić information content (AvgIpc) is 2.36. The molecule has 18 heavy (non-hydrogen) atoms. The van der Waals surface area contributed by atoms with Gasteiger partial charge in [0.05, 0.1) is 5.56 Å². The van der Waals surface area contributed by atoms with Crippen molar-refractivity contribution in [3.63, 3.8) is 0 Å². The fourth-order valence-corrected chi connectivity index (χ4v) is 2.31. The molecule has 0 saturated heterocycles. The van der Waals surface area contributed by atoms with Gasteiger partial charge in [0.15, 0.2) is 17.7 Å². The summed E-state index contributed by atoms with van der Waals surface area (Å²) in [6.45, 7) is 3.78. The number of benzene rings is 1. The maximum atomic E-state index is 12.4. The molecule has 0 radical (unpaired) electrons. The Labute approximate surface area is 104 Å². The summed E-state index contributed by atoms with van der Waals surface area (Å²) in [6, 6.07) is 7.10. The summed E-state index contributed by atoms with van der Waals surface area (Å²) in [7, 11) is 0. The minimum Gasteiger partial charge on any atom is -0.289 e. The standard InChI is InChI=1S/C15H11NO2/c1-8-3-4-10-11(5-8)15(18)13-7-16-9(2)6-12(13)14(10)17/h3-7H,1-2H3/p+1. The Morgan fingerprint density at radius 1 is 0.833 bits per heavy atom. The van der Waals surface area contributed by atoms with Gasteiger partial charge in [-0.3, -0.25) is 9.59 Å². The lowest BCUT2D eigenvalue weighted by molar-refractivity contribution is -0.387. The largest absolute Gasteiger partial charge is 0.289 e. The van der Waals surface area contributed by atoms with E-state index in [2.05, 4.69) is 4.98 Å². The van der Waals surface area contributed by atoms with Crippen LogP contribution in [0.1, 0.15) is 43.1 Å². The molecule has 88 valence electrons. The smallest absolute Gasteiger partial charge is 0.200 e. The third-order valence-corrected chi connectivity index (χ3v) is 3.25. The number of hydrogen-bond donors (Lipinski definition) is 0. The summed E-state index contributed by atoms with van der Waals surface area (Å²) in [6.07, 6.45) is 1.62. The van der Waals surface area contributed by atoms with E-state index in [1.54, 1.807) is 24.4 Å². The Kier molecular flexibility index (Phi) is 2.17.